The lowest BCUT2D eigenvalue weighted by Crippen LogP contribution is -2.37. The second kappa shape index (κ2) is 10.4. The van der Waals surface area contributed by atoms with Gasteiger partial charge in [-0.15, -0.1) is 0 Å². The molecule has 178 valence electrons. The maximum Gasteiger partial charge on any atom is 0.251 e. The maximum absolute atomic E-state index is 12.8. The lowest BCUT2D eigenvalue weighted by molar-refractivity contribution is 0.0929. The Balaban J connectivity index is 1.42. The van der Waals surface area contributed by atoms with E-state index in [4.69, 9.17) is 16.3 Å². The molecule has 0 unspecified atom stereocenters. The van der Waals surface area contributed by atoms with Gasteiger partial charge >= 0.3 is 0 Å². The Bertz CT molecular complexity index is 1190. The lowest BCUT2D eigenvalue weighted by atomic mass is 10.0. The summed E-state index contributed by atoms with van der Waals surface area (Å²) in [6.45, 7) is 3.32. The molecule has 1 aromatic heterocycles. The van der Waals surface area contributed by atoms with E-state index in [1.54, 1.807) is 18.2 Å². The molecule has 1 atom stereocenters. The summed E-state index contributed by atoms with van der Waals surface area (Å²) in [7, 11) is 0. The molecule has 1 amide bonds. The molecule has 0 aliphatic heterocycles. The molecule has 34 heavy (non-hydrogen) atoms. The summed E-state index contributed by atoms with van der Waals surface area (Å²) < 4.78 is 5.73. The molecule has 2 aromatic carbocycles. The lowest BCUT2D eigenvalue weighted by Gasteiger charge is -2.18. The molecule has 0 radical (unpaired) electrons. The highest BCUT2D eigenvalue weighted by Gasteiger charge is 2.25. The number of aliphatic hydroxyl groups excluding tert-OH is 1. The quantitative estimate of drug-likeness (QED) is 0.370. The Kier molecular flexibility index (Phi) is 7.34. The molecule has 1 fully saturated rings. The number of ether oxygens (including phenoxy) is 1. The Morgan fingerprint density at radius 1 is 1.24 bits per heavy atom. The molecule has 0 spiro atoms. The van der Waals surface area contributed by atoms with Crippen molar-refractivity contribution < 1.29 is 19.4 Å². The van der Waals surface area contributed by atoms with E-state index >= 15 is 0 Å². The smallest absolute Gasteiger partial charge is 0.251 e. The summed E-state index contributed by atoms with van der Waals surface area (Å²) in [5.74, 6) is 0.573. The molecule has 1 aliphatic rings. The number of aliphatic hydroxyl groups is 1. The van der Waals surface area contributed by atoms with Gasteiger partial charge in [0.15, 0.2) is 11.6 Å². The average molecular weight is 482 g/mol. The highest BCUT2D eigenvalue weighted by molar-refractivity contribution is 6.32. The van der Waals surface area contributed by atoms with E-state index in [0.29, 0.717) is 35.0 Å². The maximum atomic E-state index is 12.8. The Hall–Kier alpha value is -3.16. The van der Waals surface area contributed by atoms with Crippen molar-refractivity contribution in [2.45, 2.75) is 51.7 Å². The SMILES string of the molecule is CC(=O)c1nc(-c2ccc(C[C@@H](CCO)NC(=O)c3ccc(OC4CC4)c(Cl)c3)cc2)c(C)[nH]1. The first kappa shape index (κ1) is 24.0. The predicted molar refractivity (Wildman–Crippen MR) is 131 cm³/mol. The van der Waals surface area contributed by atoms with E-state index in [1.807, 2.05) is 31.2 Å². The number of aryl methyl sites for hydroxylation is 1. The average Bonchev–Trinajstić information content (AvgIpc) is 3.54. The highest BCUT2D eigenvalue weighted by atomic mass is 35.5. The minimum atomic E-state index is -0.251. The Labute approximate surface area is 203 Å². The molecule has 1 saturated carbocycles. The van der Waals surface area contributed by atoms with Gasteiger partial charge in [0.2, 0.25) is 0 Å². The van der Waals surface area contributed by atoms with Crippen LogP contribution in [0.15, 0.2) is 42.5 Å². The second-order valence-electron chi connectivity index (χ2n) is 8.66. The number of aromatic amines is 1. The zero-order valence-corrected chi connectivity index (χ0v) is 20.0. The molecule has 7 nitrogen and oxygen atoms in total. The number of Topliss-reactive ketones (excluding diaryl/α,β-unsaturated/α-hetero) is 1. The molecular weight excluding hydrogens is 454 g/mol. The number of aromatic nitrogens is 2. The largest absolute Gasteiger partial charge is 0.489 e. The van der Waals surface area contributed by atoms with Crippen LogP contribution in [0.25, 0.3) is 11.3 Å². The van der Waals surface area contributed by atoms with Gasteiger partial charge < -0.3 is 20.1 Å². The number of rotatable bonds is 10. The van der Waals surface area contributed by atoms with Crippen LogP contribution >= 0.6 is 11.6 Å². The van der Waals surface area contributed by atoms with Crippen molar-refractivity contribution in [2.24, 2.45) is 0 Å². The predicted octanol–water partition coefficient (Wildman–Crippen LogP) is 4.51. The van der Waals surface area contributed by atoms with Crippen LogP contribution in [0.1, 0.15) is 58.4 Å². The van der Waals surface area contributed by atoms with Gasteiger partial charge in [-0.25, -0.2) is 4.98 Å². The first-order valence-electron chi connectivity index (χ1n) is 11.4. The first-order valence-corrected chi connectivity index (χ1v) is 11.8. The third-order valence-corrected chi connectivity index (χ3v) is 6.05. The van der Waals surface area contributed by atoms with E-state index in [1.165, 1.54) is 6.92 Å². The number of hydrogen-bond acceptors (Lipinski definition) is 5. The number of imidazole rings is 1. The van der Waals surface area contributed by atoms with Crippen LogP contribution in [0.3, 0.4) is 0 Å². The Morgan fingerprint density at radius 2 is 1.97 bits per heavy atom. The number of nitrogens with zero attached hydrogens (tertiary/aromatic N) is 1. The summed E-state index contributed by atoms with van der Waals surface area (Å²) in [4.78, 5) is 31.8. The van der Waals surface area contributed by atoms with E-state index in [9.17, 15) is 14.7 Å². The number of nitrogens with one attached hydrogen (secondary N) is 2. The molecular formula is C26H28ClN3O4. The number of H-pyrrole nitrogens is 1. The van der Waals surface area contributed by atoms with Gasteiger partial charge in [-0.1, -0.05) is 35.9 Å². The fourth-order valence-corrected chi connectivity index (χ4v) is 3.97. The molecule has 3 N–H and O–H groups in total. The summed E-state index contributed by atoms with van der Waals surface area (Å²) in [5.41, 5.74) is 3.92. The van der Waals surface area contributed by atoms with Crippen molar-refractivity contribution in [3.63, 3.8) is 0 Å². The fourth-order valence-electron chi connectivity index (χ4n) is 3.74. The topological polar surface area (TPSA) is 104 Å². The zero-order valence-electron chi connectivity index (χ0n) is 19.2. The molecule has 0 bridgehead atoms. The van der Waals surface area contributed by atoms with Crippen LogP contribution in [-0.2, 0) is 6.42 Å². The standard InChI is InChI=1S/C26H28ClN3O4/c1-15-24(30-25(28-15)16(2)32)18-5-3-17(4-6-18)13-20(11-12-31)29-26(33)19-7-10-23(22(27)14-19)34-21-8-9-21/h3-7,10,14,20-21,31H,8-9,11-13H2,1-2H3,(H,28,30)(H,29,33)/t20-/m1/s1. The van der Waals surface area contributed by atoms with Gasteiger partial charge in [0.05, 0.1) is 16.8 Å². The van der Waals surface area contributed by atoms with Gasteiger partial charge in [0, 0.05) is 36.4 Å². The number of ketones is 1. The number of carbonyl (C=O) groups excluding carboxylic acids is 2. The molecule has 1 heterocycles. The van der Waals surface area contributed by atoms with Crippen molar-refractivity contribution in [1.29, 1.82) is 0 Å². The van der Waals surface area contributed by atoms with Gasteiger partial charge in [0.1, 0.15) is 5.75 Å². The highest BCUT2D eigenvalue weighted by Crippen LogP contribution is 2.32. The van der Waals surface area contributed by atoms with E-state index < -0.39 is 0 Å². The third-order valence-electron chi connectivity index (χ3n) is 5.75. The molecule has 4 rings (SSSR count). The summed E-state index contributed by atoms with van der Waals surface area (Å²) in [5, 5.41) is 12.9. The van der Waals surface area contributed by atoms with Gasteiger partial charge in [0.25, 0.3) is 5.91 Å². The molecule has 1 aliphatic carbocycles. The third kappa shape index (κ3) is 5.85. The molecule has 0 saturated heterocycles. The van der Waals surface area contributed by atoms with Crippen LogP contribution in [0.2, 0.25) is 5.02 Å². The van der Waals surface area contributed by atoms with Crippen molar-refractivity contribution >= 4 is 23.3 Å². The first-order chi connectivity index (χ1) is 16.3. The van der Waals surface area contributed by atoms with Crippen LogP contribution in [0.4, 0.5) is 0 Å². The number of carbonyl (C=O) groups is 2. The summed E-state index contributed by atoms with van der Waals surface area (Å²) in [6, 6.07) is 12.6. The van der Waals surface area contributed by atoms with E-state index in [0.717, 1.165) is 35.4 Å². The molecule has 8 heteroatoms. The number of amides is 1. The Morgan fingerprint density at radius 3 is 2.56 bits per heavy atom. The van der Waals surface area contributed by atoms with Crippen molar-refractivity contribution in [1.82, 2.24) is 15.3 Å². The van der Waals surface area contributed by atoms with Crippen molar-refractivity contribution in [3.8, 4) is 17.0 Å². The molecule has 3 aromatic rings. The van der Waals surface area contributed by atoms with Gasteiger partial charge in [-0.05, 0) is 56.4 Å². The van der Waals surface area contributed by atoms with Crippen LogP contribution in [-0.4, -0.2) is 45.5 Å². The number of benzene rings is 2. The number of halogens is 1. The summed E-state index contributed by atoms with van der Waals surface area (Å²) >= 11 is 6.30. The van der Waals surface area contributed by atoms with Crippen LogP contribution < -0.4 is 10.1 Å². The van der Waals surface area contributed by atoms with Gasteiger partial charge in [-0.3, -0.25) is 9.59 Å². The minimum Gasteiger partial charge on any atom is -0.489 e. The normalized spacial score (nSPS) is 14.0. The number of hydrogen-bond donors (Lipinski definition) is 3. The minimum absolute atomic E-state index is 0.0434. The van der Waals surface area contributed by atoms with Crippen molar-refractivity contribution in [2.75, 3.05) is 6.61 Å². The van der Waals surface area contributed by atoms with Crippen molar-refractivity contribution in [3.05, 3.63) is 70.1 Å². The monoisotopic (exact) mass is 481 g/mol. The van der Waals surface area contributed by atoms with Crippen LogP contribution in [0, 0.1) is 6.92 Å². The van der Waals surface area contributed by atoms with Gasteiger partial charge in [-0.2, -0.15) is 0 Å². The second-order valence-corrected chi connectivity index (χ2v) is 9.07. The zero-order chi connectivity index (χ0) is 24.2. The van der Waals surface area contributed by atoms with E-state index in [2.05, 4.69) is 15.3 Å². The van der Waals surface area contributed by atoms with E-state index in [-0.39, 0.29) is 30.4 Å². The van der Waals surface area contributed by atoms with Crippen LogP contribution in [0.5, 0.6) is 5.75 Å². The fraction of sp³-hybridized carbons (Fsp3) is 0.346. The summed E-state index contributed by atoms with van der Waals surface area (Å²) in [6.07, 6.45) is 3.27.